The van der Waals surface area contributed by atoms with E-state index in [2.05, 4.69) is 10.6 Å². The molecule has 0 saturated carbocycles. The van der Waals surface area contributed by atoms with E-state index >= 15 is 0 Å². The molecule has 0 atom stereocenters. The largest absolute Gasteiger partial charge is 0.356 e. The van der Waals surface area contributed by atoms with Crippen LogP contribution in [0.15, 0.2) is 24.3 Å². The van der Waals surface area contributed by atoms with Crippen molar-refractivity contribution in [2.24, 2.45) is 5.41 Å². The van der Waals surface area contributed by atoms with Gasteiger partial charge in [0.25, 0.3) is 0 Å². The highest BCUT2D eigenvalue weighted by molar-refractivity contribution is 5.90. The first-order valence-corrected chi connectivity index (χ1v) is 6.94. The van der Waals surface area contributed by atoms with Gasteiger partial charge in [-0.25, -0.2) is 0 Å². The van der Waals surface area contributed by atoms with E-state index in [1.54, 1.807) is 0 Å². The Morgan fingerprint density at radius 1 is 1.20 bits per heavy atom. The molecule has 0 heterocycles. The summed E-state index contributed by atoms with van der Waals surface area (Å²) in [5, 5.41) is 5.68. The van der Waals surface area contributed by atoms with Crippen molar-refractivity contribution < 1.29 is 9.59 Å². The van der Waals surface area contributed by atoms with Gasteiger partial charge in [-0.05, 0) is 31.0 Å². The maximum atomic E-state index is 11.7. The summed E-state index contributed by atoms with van der Waals surface area (Å²) in [6.45, 7) is 8.11. The monoisotopic (exact) mass is 276 g/mol. The average Bonchev–Trinajstić information content (AvgIpc) is 2.33. The number of amides is 2. The van der Waals surface area contributed by atoms with Crippen LogP contribution in [0.2, 0.25) is 0 Å². The fourth-order valence-electron chi connectivity index (χ4n) is 1.66. The molecule has 2 N–H and O–H groups in total. The van der Waals surface area contributed by atoms with E-state index in [1.807, 2.05) is 52.0 Å². The number of carbonyl (C=O) groups is 2. The second-order valence-corrected chi connectivity index (χ2v) is 6.03. The van der Waals surface area contributed by atoms with Crippen molar-refractivity contribution in [2.75, 3.05) is 11.9 Å². The van der Waals surface area contributed by atoms with Crippen molar-refractivity contribution in [1.82, 2.24) is 5.32 Å². The molecule has 0 spiro atoms. The van der Waals surface area contributed by atoms with Crippen LogP contribution in [0.1, 0.15) is 39.2 Å². The molecular weight excluding hydrogens is 252 g/mol. The molecule has 0 fully saturated rings. The average molecular weight is 276 g/mol. The van der Waals surface area contributed by atoms with Gasteiger partial charge < -0.3 is 10.6 Å². The van der Waals surface area contributed by atoms with Crippen molar-refractivity contribution in [1.29, 1.82) is 0 Å². The normalized spacial score (nSPS) is 11.0. The maximum Gasteiger partial charge on any atom is 0.225 e. The van der Waals surface area contributed by atoms with E-state index in [4.69, 9.17) is 0 Å². The zero-order chi connectivity index (χ0) is 15.2. The first kappa shape index (κ1) is 16.2. The third kappa shape index (κ3) is 5.87. The Hall–Kier alpha value is -1.84. The molecule has 0 saturated heterocycles. The van der Waals surface area contributed by atoms with Gasteiger partial charge in [-0.3, -0.25) is 9.59 Å². The van der Waals surface area contributed by atoms with Gasteiger partial charge in [0.2, 0.25) is 11.8 Å². The van der Waals surface area contributed by atoms with E-state index in [-0.39, 0.29) is 17.2 Å². The number of hydrogen-bond donors (Lipinski definition) is 2. The van der Waals surface area contributed by atoms with Crippen LogP contribution >= 0.6 is 0 Å². The molecule has 4 nitrogen and oxygen atoms in total. The van der Waals surface area contributed by atoms with Crippen LogP contribution in [0, 0.1) is 12.3 Å². The molecule has 0 aliphatic heterocycles. The third-order valence-electron chi connectivity index (χ3n) is 2.85. The van der Waals surface area contributed by atoms with E-state index in [0.29, 0.717) is 19.4 Å². The van der Waals surface area contributed by atoms with Gasteiger partial charge in [0.05, 0.1) is 0 Å². The topological polar surface area (TPSA) is 58.2 Å². The standard InChI is InChI=1S/C16H24N2O2/c1-12-7-5-8-13(11-12)18-14(19)9-6-10-17-15(20)16(2,3)4/h5,7-8,11H,6,9-10H2,1-4H3,(H,17,20)(H,18,19). The molecule has 1 rings (SSSR count). The lowest BCUT2D eigenvalue weighted by Crippen LogP contribution is -2.35. The number of anilines is 1. The third-order valence-corrected chi connectivity index (χ3v) is 2.85. The van der Waals surface area contributed by atoms with Gasteiger partial charge in [0.15, 0.2) is 0 Å². The summed E-state index contributed by atoms with van der Waals surface area (Å²) in [5.74, 6) is -0.0165. The quantitative estimate of drug-likeness (QED) is 0.812. The number of benzene rings is 1. The molecule has 110 valence electrons. The molecule has 0 aliphatic rings. The molecule has 0 radical (unpaired) electrons. The molecule has 0 aromatic heterocycles. The second-order valence-electron chi connectivity index (χ2n) is 6.03. The van der Waals surface area contributed by atoms with Crippen LogP contribution in [0.3, 0.4) is 0 Å². The lowest BCUT2D eigenvalue weighted by molar-refractivity contribution is -0.128. The zero-order valence-electron chi connectivity index (χ0n) is 12.7. The SMILES string of the molecule is Cc1cccc(NC(=O)CCCNC(=O)C(C)(C)C)c1. The summed E-state index contributed by atoms with van der Waals surface area (Å²) >= 11 is 0. The molecular formula is C16H24N2O2. The minimum absolute atomic E-state index is 0.0107. The summed E-state index contributed by atoms with van der Waals surface area (Å²) in [6, 6.07) is 7.69. The lowest BCUT2D eigenvalue weighted by atomic mass is 9.96. The smallest absolute Gasteiger partial charge is 0.225 e. The Morgan fingerprint density at radius 3 is 2.50 bits per heavy atom. The van der Waals surface area contributed by atoms with Crippen molar-refractivity contribution in [3.63, 3.8) is 0 Å². The second kappa shape index (κ2) is 7.08. The highest BCUT2D eigenvalue weighted by atomic mass is 16.2. The summed E-state index contributed by atoms with van der Waals surface area (Å²) in [6.07, 6.45) is 1.04. The van der Waals surface area contributed by atoms with E-state index in [0.717, 1.165) is 11.3 Å². The van der Waals surface area contributed by atoms with Gasteiger partial charge in [-0.2, -0.15) is 0 Å². The van der Waals surface area contributed by atoms with E-state index < -0.39 is 0 Å². The Morgan fingerprint density at radius 2 is 1.90 bits per heavy atom. The minimum atomic E-state index is -0.385. The number of nitrogens with one attached hydrogen (secondary N) is 2. The van der Waals surface area contributed by atoms with Gasteiger partial charge in [-0.1, -0.05) is 32.9 Å². The van der Waals surface area contributed by atoms with Crippen LogP contribution in [-0.4, -0.2) is 18.4 Å². The molecule has 1 aromatic carbocycles. The number of aryl methyl sites for hydroxylation is 1. The summed E-state index contributed by atoms with van der Waals surface area (Å²) < 4.78 is 0. The Labute approximate surface area is 121 Å². The summed E-state index contributed by atoms with van der Waals surface area (Å²) in [7, 11) is 0. The maximum absolute atomic E-state index is 11.7. The van der Waals surface area contributed by atoms with Crippen LogP contribution in [0.4, 0.5) is 5.69 Å². The highest BCUT2D eigenvalue weighted by Crippen LogP contribution is 2.12. The van der Waals surface area contributed by atoms with Crippen LogP contribution in [0.25, 0.3) is 0 Å². The fourth-order valence-corrected chi connectivity index (χ4v) is 1.66. The molecule has 0 unspecified atom stereocenters. The minimum Gasteiger partial charge on any atom is -0.356 e. The first-order valence-electron chi connectivity index (χ1n) is 6.94. The highest BCUT2D eigenvalue weighted by Gasteiger charge is 2.20. The zero-order valence-corrected chi connectivity index (χ0v) is 12.7. The van der Waals surface area contributed by atoms with Crippen LogP contribution < -0.4 is 10.6 Å². The molecule has 20 heavy (non-hydrogen) atoms. The van der Waals surface area contributed by atoms with Crippen molar-refractivity contribution >= 4 is 17.5 Å². The molecule has 0 aliphatic carbocycles. The molecule has 1 aromatic rings. The van der Waals surface area contributed by atoms with E-state index in [9.17, 15) is 9.59 Å². The van der Waals surface area contributed by atoms with Crippen molar-refractivity contribution in [2.45, 2.75) is 40.5 Å². The Kier molecular flexibility index (Phi) is 5.74. The molecule has 2 amide bonds. The Balaban J connectivity index is 2.26. The van der Waals surface area contributed by atoms with E-state index in [1.165, 1.54) is 0 Å². The van der Waals surface area contributed by atoms with Gasteiger partial charge >= 0.3 is 0 Å². The van der Waals surface area contributed by atoms with Crippen molar-refractivity contribution in [3.05, 3.63) is 29.8 Å². The van der Waals surface area contributed by atoms with Crippen LogP contribution in [0.5, 0.6) is 0 Å². The number of carbonyl (C=O) groups excluding carboxylic acids is 2. The first-order chi connectivity index (χ1) is 9.29. The predicted octanol–water partition coefficient (Wildman–Crippen LogP) is 2.88. The number of hydrogen-bond acceptors (Lipinski definition) is 2. The summed E-state index contributed by atoms with van der Waals surface area (Å²) in [4.78, 5) is 23.4. The van der Waals surface area contributed by atoms with Gasteiger partial charge in [-0.15, -0.1) is 0 Å². The fraction of sp³-hybridized carbons (Fsp3) is 0.500. The molecule has 4 heteroatoms. The van der Waals surface area contributed by atoms with Crippen molar-refractivity contribution in [3.8, 4) is 0 Å². The Bertz CT molecular complexity index is 476. The predicted molar refractivity (Wildman–Crippen MR) is 81.5 cm³/mol. The number of rotatable bonds is 5. The lowest BCUT2D eigenvalue weighted by Gasteiger charge is -2.17. The molecule has 0 bridgehead atoms. The van der Waals surface area contributed by atoms with Gasteiger partial charge in [0, 0.05) is 24.1 Å². The van der Waals surface area contributed by atoms with Gasteiger partial charge in [0.1, 0.15) is 0 Å². The van der Waals surface area contributed by atoms with Crippen LogP contribution in [-0.2, 0) is 9.59 Å². The summed E-state index contributed by atoms with van der Waals surface area (Å²) in [5.41, 5.74) is 1.54.